The second-order valence-corrected chi connectivity index (χ2v) is 5.62. The molecule has 0 atom stereocenters. The highest BCUT2D eigenvalue weighted by atomic mass is 35.5. The summed E-state index contributed by atoms with van der Waals surface area (Å²) in [5.41, 5.74) is -1.47. The zero-order valence-electron chi connectivity index (χ0n) is 10.9. The number of rotatable bonds is 2. The second kappa shape index (κ2) is 5.82. The van der Waals surface area contributed by atoms with Crippen LogP contribution in [0.4, 0.5) is 16.2 Å². The van der Waals surface area contributed by atoms with E-state index in [2.05, 4.69) is 0 Å². The lowest BCUT2D eigenvalue weighted by Crippen LogP contribution is -2.34. The minimum absolute atomic E-state index is 0.142. The number of hydroxylamine groups is 1. The molecule has 0 bridgehead atoms. The molecule has 0 unspecified atom stereocenters. The highest BCUT2D eigenvalue weighted by Crippen LogP contribution is 2.35. The summed E-state index contributed by atoms with van der Waals surface area (Å²) in [5.74, 6) is 0. The topological polar surface area (TPSA) is 92.9 Å². The molecular formula is C11H12Cl2N2O5. The number of hydrogen-bond acceptors (Lipinski definition) is 5. The van der Waals surface area contributed by atoms with Gasteiger partial charge in [0.2, 0.25) is 0 Å². The molecule has 1 rings (SSSR count). The van der Waals surface area contributed by atoms with Gasteiger partial charge in [-0.1, -0.05) is 23.2 Å². The van der Waals surface area contributed by atoms with E-state index in [9.17, 15) is 20.1 Å². The molecule has 0 aliphatic rings. The summed E-state index contributed by atoms with van der Waals surface area (Å²) in [4.78, 5) is 21.6. The Bertz CT molecular complexity index is 556. The van der Waals surface area contributed by atoms with Crippen molar-refractivity contribution in [3.63, 3.8) is 0 Å². The van der Waals surface area contributed by atoms with Crippen LogP contribution < -0.4 is 5.06 Å². The van der Waals surface area contributed by atoms with Gasteiger partial charge in [0, 0.05) is 6.07 Å². The Hall–Kier alpha value is -1.57. The van der Waals surface area contributed by atoms with Gasteiger partial charge in [-0.2, -0.15) is 5.06 Å². The molecule has 0 aliphatic carbocycles. The molecule has 0 saturated heterocycles. The van der Waals surface area contributed by atoms with Gasteiger partial charge in [0.1, 0.15) is 10.6 Å². The number of hydrogen-bond donors (Lipinski definition) is 1. The molecule has 0 aliphatic heterocycles. The van der Waals surface area contributed by atoms with Crippen LogP contribution in [0.2, 0.25) is 10.0 Å². The van der Waals surface area contributed by atoms with Crippen molar-refractivity contribution >= 4 is 40.7 Å². The molecule has 0 saturated carbocycles. The molecule has 0 heterocycles. The van der Waals surface area contributed by atoms with E-state index in [1.807, 2.05) is 0 Å². The van der Waals surface area contributed by atoms with E-state index in [0.717, 1.165) is 12.1 Å². The molecule has 20 heavy (non-hydrogen) atoms. The maximum atomic E-state index is 11.7. The van der Waals surface area contributed by atoms with E-state index in [1.54, 1.807) is 20.8 Å². The van der Waals surface area contributed by atoms with Gasteiger partial charge >= 0.3 is 6.09 Å². The van der Waals surface area contributed by atoms with E-state index in [0.29, 0.717) is 0 Å². The van der Waals surface area contributed by atoms with Crippen molar-refractivity contribution in [1.29, 1.82) is 0 Å². The fraction of sp³-hybridized carbons (Fsp3) is 0.364. The van der Waals surface area contributed by atoms with Crippen molar-refractivity contribution in [2.24, 2.45) is 0 Å². The molecule has 0 fully saturated rings. The van der Waals surface area contributed by atoms with Crippen LogP contribution in [0.1, 0.15) is 20.8 Å². The summed E-state index contributed by atoms with van der Waals surface area (Å²) in [6.45, 7) is 4.84. The Morgan fingerprint density at radius 2 is 1.90 bits per heavy atom. The molecule has 0 radical (unpaired) electrons. The third-order valence-corrected chi connectivity index (χ3v) is 2.61. The first-order valence-electron chi connectivity index (χ1n) is 5.38. The van der Waals surface area contributed by atoms with Crippen molar-refractivity contribution in [2.75, 3.05) is 5.06 Å². The third kappa shape index (κ3) is 3.96. The molecule has 9 heteroatoms. The first kappa shape index (κ1) is 16.5. The Morgan fingerprint density at radius 3 is 2.35 bits per heavy atom. The van der Waals surface area contributed by atoms with E-state index in [4.69, 9.17) is 27.9 Å². The quantitative estimate of drug-likeness (QED) is 0.504. The molecule has 0 spiro atoms. The number of ether oxygens (including phenoxy) is 1. The Labute approximate surface area is 124 Å². The number of carbonyl (C=O) groups excluding carboxylic acids is 1. The predicted octanol–water partition coefficient (Wildman–Crippen LogP) is 4.03. The first-order valence-corrected chi connectivity index (χ1v) is 6.14. The Kier molecular flexibility index (Phi) is 4.80. The monoisotopic (exact) mass is 322 g/mol. The molecule has 1 aromatic carbocycles. The van der Waals surface area contributed by atoms with Crippen LogP contribution in [0.15, 0.2) is 12.1 Å². The van der Waals surface area contributed by atoms with Crippen LogP contribution in [-0.4, -0.2) is 21.8 Å². The first-order chi connectivity index (χ1) is 9.03. The zero-order chi connectivity index (χ0) is 15.7. The fourth-order valence-corrected chi connectivity index (χ4v) is 1.70. The summed E-state index contributed by atoms with van der Waals surface area (Å²) in [6.07, 6.45) is -1.08. The highest BCUT2D eigenvalue weighted by Gasteiger charge is 2.26. The SMILES string of the molecule is CC(C)(C)OC(=O)N(O)c1cc(Cl)c([N+](=O)[O-])cc1Cl. The average molecular weight is 323 g/mol. The number of nitrogens with zero attached hydrogens (tertiary/aromatic N) is 2. The minimum Gasteiger partial charge on any atom is -0.442 e. The maximum Gasteiger partial charge on any atom is 0.439 e. The normalized spacial score (nSPS) is 11.1. The molecule has 1 aromatic rings. The number of nitro benzene ring substituents is 1. The van der Waals surface area contributed by atoms with Gasteiger partial charge in [0.05, 0.1) is 15.6 Å². The van der Waals surface area contributed by atoms with E-state index < -0.39 is 22.3 Å². The summed E-state index contributed by atoms with van der Waals surface area (Å²) in [5, 5.41) is 20.1. The van der Waals surface area contributed by atoms with Crippen LogP contribution in [0, 0.1) is 10.1 Å². The molecule has 110 valence electrons. The molecule has 1 amide bonds. The molecule has 1 N–H and O–H groups in total. The van der Waals surface area contributed by atoms with Crippen molar-refractivity contribution in [3.05, 3.63) is 32.3 Å². The lowest BCUT2D eigenvalue weighted by atomic mass is 10.2. The van der Waals surface area contributed by atoms with Gasteiger partial charge in [-0.25, -0.2) is 4.79 Å². The highest BCUT2D eigenvalue weighted by molar-refractivity contribution is 6.37. The Balaban J connectivity index is 3.11. The number of benzene rings is 1. The van der Waals surface area contributed by atoms with Crippen LogP contribution in [0.3, 0.4) is 0 Å². The fourth-order valence-electron chi connectivity index (χ4n) is 1.23. The maximum absolute atomic E-state index is 11.7. The van der Waals surface area contributed by atoms with Crippen molar-refractivity contribution in [2.45, 2.75) is 26.4 Å². The Morgan fingerprint density at radius 1 is 1.35 bits per heavy atom. The van der Waals surface area contributed by atoms with Crippen LogP contribution in [0.5, 0.6) is 0 Å². The number of anilines is 1. The number of amides is 1. The summed E-state index contributed by atoms with van der Waals surface area (Å²) < 4.78 is 4.93. The average Bonchev–Trinajstić information content (AvgIpc) is 2.28. The smallest absolute Gasteiger partial charge is 0.439 e. The van der Waals surface area contributed by atoms with Gasteiger partial charge < -0.3 is 4.74 Å². The number of nitro groups is 1. The largest absolute Gasteiger partial charge is 0.442 e. The van der Waals surface area contributed by atoms with Gasteiger partial charge in [-0.3, -0.25) is 15.3 Å². The zero-order valence-corrected chi connectivity index (χ0v) is 12.4. The van der Waals surface area contributed by atoms with Gasteiger partial charge in [-0.05, 0) is 26.8 Å². The third-order valence-electron chi connectivity index (χ3n) is 2.01. The van der Waals surface area contributed by atoms with Crippen molar-refractivity contribution in [1.82, 2.24) is 0 Å². The van der Waals surface area contributed by atoms with Crippen LogP contribution in [-0.2, 0) is 4.74 Å². The van der Waals surface area contributed by atoms with Gasteiger partial charge in [-0.15, -0.1) is 0 Å². The predicted molar refractivity (Wildman–Crippen MR) is 73.6 cm³/mol. The number of halogens is 2. The van der Waals surface area contributed by atoms with E-state index in [-0.39, 0.29) is 20.8 Å². The molecule has 0 aromatic heterocycles. The van der Waals surface area contributed by atoms with Crippen LogP contribution in [0.25, 0.3) is 0 Å². The summed E-state index contributed by atoms with van der Waals surface area (Å²) in [6, 6.07) is 1.94. The van der Waals surface area contributed by atoms with Gasteiger partial charge in [0.15, 0.2) is 0 Å². The standard InChI is InChI=1S/C11H12Cl2N2O5/c1-11(2,3)20-10(16)14(17)8-4-7(13)9(15(18)19)5-6(8)12/h4-5,17H,1-3H3. The number of carbonyl (C=O) groups is 1. The minimum atomic E-state index is -1.08. The van der Waals surface area contributed by atoms with Crippen molar-refractivity contribution in [3.8, 4) is 0 Å². The van der Waals surface area contributed by atoms with Crippen molar-refractivity contribution < 1.29 is 19.7 Å². The van der Waals surface area contributed by atoms with Crippen LogP contribution >= 0.6 is 23.2 Å². The van der Waals surface area contributed by atoms with Gasteiger partial charge in [0.25, 0.3) is 5.69 Å². The summed E-state index contributed by atoms with van der Waals surface area (Å²) in [7, 11) is 0. The second-order valence-electron chi connectivity index (χ2n) is 4.80. The molecular weight excluding hydrogens is 311 g/mol. The van der Waals surface area contributed by atoms with E-state index in [1.165, 1.54) is 0 Å². The lowest BCUT2D eigenvalue weighted by molar-refractivity contribution is -0.384. The van der Waals surface area contributed by atoms with E-state index >= 15 is 0 Å². The summed E-state index contributed by atoms with van der Waals surface area (Å²) >= 11 is 11.5. The molecule has 7 nitrogen and oxygen atoms in total. The lowest BCUT2D eigenvalue weighted by Gasteiger charge is -2.23.